The van der Waals surface area contributed by atoms with Crippen molar-refractivity contribution in [2.45, 2.75) is 0 Å². The van der Waals surface area contributed by atoms with Gasteiger partial charge < -0.3 is 9.79 Å². The summed E-state index contributed by atoms with van der Waals surface area (Å²) in [5.74, 6) is 0. The molecule has 5 heteroatoms. The zero-order chi connectivity index (χ0) is 7.78. The van der Waals surface area contributed by atoms with Crippen LogP contribution in [0.25, 0.3) is 0 Å². The van der Waals surface area contributed by atoms with Gasteiger partial charge in [-0.05, 0) is 17.9 Å². The van der Waals surface area contributed by atoms with Gasteiger partial charge >= 0.3 is 7.60 Å². The fourth-order valence-electron chi connectivity index (χ4n) is 0.572. The highest BCUT2D eigenvalue weighted by molar-refractivity contribution is 7.60. The van der Waals surface area contributed by atoms with E-state index in [4.69, 9.17) is 9.79 Å². The molecule has 55 valence electrons. The number of rotatable bonds is 1. The van der Waals surface area contributed by atoms with Gasteiger partial charge in [0.1, 0.15) is 0 Å². The molecule has 0 atom stereocenters. The molecule has 1 rings (SSSR count). The predicted octanol–water partition coefficient (Wildman–Crippen LogP) is 0.733. The molecule has 0 fully saturated rings. The van der Waals surface area contributed by atoms with Crippen molar-refractivity contribution in [3.05, 3.63) is 23.2 Å². The molecular formula is C5H6O3PS. The molecule has 0 aliphatic carbocycles. The summed E-state index contributed by atoms with van der Waals surface area (Å²) in [7, 11) is -4.06. The Hall–Kier alpha value is -0.150. The summed E-state index contributed by atoms with van der Waals surface area (Å²) in [6.07, 6.45) is 0. The third-order valence-corrected chi connectivity index (χ3v) is 3.04. The second-order valence-corrected chi connectivity index (χ2v) is 4.14. The van der Waals surface area contributed by atoms with Crippen LogP contribution in [-0.4, -0.2) is 9.79 Å². The smallest absolute Gasteiger partial charge is 0.321 e. The van der Waals surface area contributed by atoms with Crippen molar-refractivity contribution in [3.8, 4) is 0 Å². The van der Waals surface area contributed by atoms with E-state index in [0.717, 1.165) is 0 Å². The van der Waals surface area contributed by atoms with Gasteiger partial charge in [0, 0.05) is 5.38 Å². The first-order chi connectivity index (χ1) is 4.52. The summed E-state index contributed by atoms with van der Waals surface area (Å²) in [5.41, 5.74) is 0.415. The fraction of sp³-hybridized carbons (Fsp3) is 0. The summed E-state index contributed by atoms with van der Waals surface area (Å²) >= 11 is 1.24. The number of hydrogen-bond donors (Lipinski definition) is 2. The molecule has 10 heavy (non-hydrogen) atoms. The van der Waals surface area contributed by atoms with Crippen LogP contribution in [0.15, 0.2) is 10.8 Å². The first-order valence-corrected chi connectivity index (χ1v) is 5.01. The largest absolute Gasteiger partial charge is 0.357 e. The van der Waals surface area contributed by atoms with Crippen molar-refractivity contribution in [2.24, 2.45) is 0 Å². The first kappa shape index (κ1) is 7.95. The van der Waals surface area contributed by atoms with E-state index in [9.17, 15) is 4.57 Å². The van der Waals surface area contributed by atoms with Gasteiger partial charge in [-0.3, -0.25) is 4.57 Å². The molecular weight excluding hydrogens is 171 g/mol. The van der Waals surface area contributed by atoms with E-state index in [1.54, 1.807) is 5.38 Å². The maximum atomic E-state index is 10.6. The maximum absolute atomic E-state index is 10.6. The lowest BCUT2D eigenvalue weighted by molar-refractivity contribution is 0.387. The molecule has 0 unspecified atom stereocenters. The topological polar surface area (TPSA) is 57.5 Å². The number of hydrogen-bond acceptors (Lipinski definition) is 2. The Bertz CT molecular complexity index is 274. The van der Waals surface area contributed by atoms with Crippen molar-refractivity contribution in [1.82, 2.24) is 0 Å². The summed E-state index contributed by atoms with van der Waals surface area (Å²) in [6.45, 7) is 3.47. The van der Waals surface area contributed by atoms with E-state index < -0.39 is 7.60 Å². The molecule has 0 aliphatic heterocycles. The quantitative estimate of drug-likeness (QED) is 0.622. The SMILES string of the molecule is [CH2]c1cscc1P(=O)(O)O. The van der Waals surface area contributed by atoms with E-state index in [-0.39, 0.29) is 5.30 Å². The van der Waals surface area contributed by atoms with Gasteiger partial charge in [0.2, 0.25) is 0 Å². The van der Waals surface area contributed by atoms with Crippen LogP contribution in [-0.2, 0) is 4.57 Å². The average molecular weight is 177 g/mol. The molecule has 0 saturated carbocycles. The minimum absolute atomic E-state index is 0.0394. The highest BCUT2D eigenvalue weighted by Gasteiger charge is 2.19. The predicted molar refractivity (Wildman–Crippen MR) is 40.5 cm³/mol. The molecule has 0 bridgehead atoms. The van der Waals surface area contributed by atoms with Gasteiger partial charge in [-0.25, -0.2) is 0 Å². The summed E-state index contributed by atoms with van der Waals surface area (Å²) in [5, 5.41) is 3.06. The van der Waals surface area contributed by atoms with Crippen molar-refractivity contribution in [3.63, 3.8) is 0 Å². The van der Waals surface area contributed by atoms with E-state index in [0.29, 0.717) is 5.56 Å². The van der Waals surface area contributed by atoms with Crippen LogP contribution in [0, 0.1) is 6.92 Å². The third-order valence-electron chi connectivity index (χ3n) is 1.03. The standard InChI is InChI=1S/C5H6O3PS/c1-4-2-10-3-5(4)9(6,7)8/h2-3H,1H2,(H2,6,7,8). The Kier molecular flexibility index (Phi) is 1.97. The van der Waals surface area contributed by atoms with Crippen LogP contribution < -0.4 is 5.30 Å². The Morgan fingerprint density at radius 1 is 1.50 bits per heavy atom. The van der Waals surface area contributed by atoms with Crippen molar-refractivity contribution >= 4 is 24.2 Å². The molecule has 0 saturated heterocycles. The maximum Gasteiger partial charge on any atom is 0.357 e. The molecule has 0 spiro atoms. The van der Waals surface area contributed by atoms with Crippen molar-refractivity contribution in [1.29, 1.82) is 0 Å². The van der Waals surface area contributed by atoms with Crippen LogP contribution in [0.1, 0.15) is 5.56 Å². The third kappa shape index (κ3) is 1.47. The van der Waals surface area contributed by atoms with E-state index in [2.05, 4.69) is 6.92 Å². The second kappa shape index (κ2) is 2.47. The van der Waals surface area contributed by atoms with E-state index in [1.807, 2.05) is 0 Å². The van der Waals surface area contributed by atoms with E-state index in [1.165, 1.54) is 16.7 Å². The average Bonchev–Trinajstić information content (AvgIpc) is 2.11. The van der Waals surface area contributed by atoms with Gasteiger partial charge in [-0.2, -0.15) is 11.3 Å². The minimum atomic E-state index is -4.06. The zero-order valence-electron chi connectivity index (χ0n) is 5.02. The van der Waals surface area contributed by atoms with Gasteiger partial charge in [0.05, 0.1) is 5.30 Å². The lowest BCUT2D eigenvalue weighted by Crippen LogP contribution is -2.02. The summed E-state index contributed by atoms with van der Waals surface area (Å²) in [4.78, 5) is 17.3. The van der Waals surface area contributed by atoms with Gasteiger partial charge in [0.25, 0.3) is 0 Å². The molecule has 0 amide bonds. The molecule has 1 aromatic rings. The molecule has 1 heterocycles. The summed E-state index contributed by atoms with van der Waals surface area (Å²) in [6, 6.07) is 0. The Balaban J connectivity index is 3.18. The van der Waals surface area contributed by atoms with Crippen LogP contribution >= 0.6 is 18.9 Å². The molecule has 3 nitrogen and oxygen atoms in total. The minimum Gasteiger partial charge on any atom is -0.321 e. The lowest BCUT2D eigenvalue weighted by Gasteiger charge is -2.00. The Morgan fingerprint density at radius 2 is 2.10 bits per heavy atom. The Labute approximate surface area is 62.5 Å². The lowest BCUT2D eigenvalue weighted by atomic mass is 10.4. The molecule has 2 N–H and O–H groups in total. The summed E-state index contributed by atoms with van der Waals surface area (Å²) < 4.78 is 10.6. The normalized spacial score (nSPS) is 11.9. The van der Waals surface area contributed by atoms with Gasteiger partial charge in [-0.15, -0.1) is 0 Å². The Morgan fingerprint density at radius 3 is 2.30 bits per heavy atom. The molecule has 1 aromatic heterocycles. The van der Waals surface area contributed by atoms with Crippen LogP contribution in [0.3, 0.4) is 0 Å². The van der Waals surface area contributed by atoms with Crippen molar-refractivity contribution in [2.75, 3.05) is 0 Å². The van der Waals surface area contributed by atoms with Gasteiger partial charge in [0.15, 0.2) is 0 Å². The number of thiophene rings is 1. The monoisotopic (exact) mass is 177 g/mol. The van der Waals surface area contributed by atoms with Crippen molar-refractivity contribution < 1.29 is 14.4 Å². The molecule has 0 aromatic carbocycles. The van der Waals surface area contributed by atoms with Crippen LogP contribution in [0.5, 0.6) is 0 Å². The highest BCUT2D eigenvalue weighted by Crippen LogP contribution is 2.35. The second-order valence-electron chi connectivity index (χ2n) is 1.83. The van der Waals surface area contributed by atoms with Crippen LogP contribution in [0.4, 0.5) is 0 Å². The zero-order valence-corrected chi connectivity index (χ0v) is 6.73. The first-order valence-electron chi connectivity index (χ1n) is 2.46. The fourth-order valence-corrected chi connectivity index (χ4v) is 2.47. The van der Waals surface area contributed by atoms with Crippen LogP contribution in [0.2, 0.25) is 0 Å². The van der Waals surface area contributed by atoms with E-state index >= 15 is 0 Å². The molecule has 0 aliphatic rings. The molecule has 1 radical (unpaired) electrons. The highest BCUT2D eigenvalue weighted by atomic mass is 32.1. The van der Waals surface area contributed by atoms with Gasteiger partial charge in [-0.1, -0.05) is 0 Å².